The maximum atomic E-state index is 11.7. The Bertz CT molecular complexity index is 366. The van der Waals surface area contributed by atoms with Crippen LogP contribution in [0.25, 0.3) is 0 Å². The summed E-state index contributed by atoms with van der Waals surface area (Å²) in [6.45, 7) is 5.42. The summed E-state index contributed by atoms with van der Waals surface area (Å²) >= 11 is 6.42. The van der Waals surface area contributed by atoms with E-state index in [0.717, 1.165) is 5.56 Å². The topological polar surface area (TPSA) is 26.3 Å². The molecule has 0 radical (unpaired) electrons. The van der Waals surface area contributed by atoms with Crippen molar-refractivity contribution in [2.45, 2.75) is 29.6 Å². The summed E-state index contributed by atoms with van der Waals surface area (Å²) in [4.78, 5) is 11.7. The minimum absolute atomic E-state index is 0.346. The van der Waals surface area contributed by atoms with Crippen molar-refractivity contribution in [2.24, 2.45) is 0 Å². The molecule has 1 aromatic rings. The third-order valence-electron chi connectivity index (χ3n) is 2.18. The van der Waals surface area contributed by atoms with Crippen molar-refractivity contribution in [3.8, 4) is 0 Å². The highest BCUT2D eigenvalue weighted by molar-refractivity contribution is 9.25. The summed E-state index contributed by atoms with van der Waals surface area (Å²) in [6.07, 6.45) is 0. The quantitative estimate of drug-likeness (QED) is 0.609. The van der Waals surface area contributed by atoms with Gasteiger partial charge in [0.15, 0.2) is 3.23 Å². The van der Waals surface area contributed by atoms with E-state index >= 15 is 0 Å². The number of benzene rings is 1. The first-order valence-electron chi connectivity index (χ1n) is 4.90. The lowest BCUT2D eigenvalue weighted by Crippen LogP contribution is -2.32. The molecule has 0 unspecified atom stereocenters. The van der Waals surface area contributed by atoms with E-state index in [4.69, 9.17) is 4.74 Å². The Hall–Kier alpha value is -0.350. The first-order chi connectivity index (χ1) is 7.23. The molecule has 0 aliphatic heterocycles. The Morgan fingerprint density at radius 3 is 2.06 bits per heavy atom. The van der Waals surface area contributed by atoms with Crippen LogP contribution in [0.3, 0.4) is 0 Å². The Morgan fingerprint density at radius 1 is 1.12 bits per heavy atom. The standard InChI is InChI=1S/C12H14Br2O2/c1-11(2,9-7-5-4-6-8-9)16-10(15)12(3,13)14/h4-8H,1-3H3. The van der Waals surface area contributed by atoms with E-state index in [2.05, 4.69) is 31.9 Å². The average molecular weight is 350 g/mol. The van der Waals surface area contributed by atoms with Gasteiger partial charge in [-0.1, -0.05) is 62.2 Å². The largest absolute Gasteiger partial charge is 0.453 e. The van der Waals surface area contributed by atoms with Crippen LogP contribution < -0.4 is 0 Å². The Morgan fingerprint density at radius 2 is 1.62 bits per heavy atom. The minimum Gasteiger partial charge on any atom is -0.453 e. The van der Waals surface area contributed by atoms with Gasteiger partial charge in [-0.25, -0.2) is 4.79 Å². The van der Waals surface area contributed by atoms with Crippen molar-refractivity contribution in [3.05, 3.63) is 35.9 Å². The van der Waals surface area contributed by atoms with Gasteiger partial charge in [-0.05, 0) is 26.3 Å². The highest BCUT2D eigenvalue weighted by atomic mass is 79.9. The van der Waals surface area contributed by atoms with Crippen molar-refractivity contribution in [1.82, 2.24) is 0 Å². The third kappa shape index (κ3) is 3.59. The summed E-state index contributed by atoms with van der Waals surface area (Å²) < 4.78 is 4.61. The predicted octanol–water partition coefficient (Wildman–Crippen LogP) is 3.97. The van der Waals surface area contributed by atoms with Gasteiger partial charge in [-0.3, -0.25) is 0 Å². The summed E-state index contributed by atoms with van der Waals surface area (Å²) in [6, 6.07) is 9.65. The van der Waals surface area contributed by atoms with Crippen LogP contribution in [0.2, 0.25) is 0 Å². The molecule has 16 heavy (non-hydrogen) atoms. The predicted molar refractivity (Wildman–Crippen MR) is 71.8 cm³/mol. The van der Waals surface area contributed by atoms with Gasteiger partial charge in [-0.15, -0.1) is 0 Å². The van der Waals surface area contributed by atoms with Gasteiger partial charge in [0.2, 0.25) is 0 Å². The Balaban J connectivity index is 2.85. The fraction of sp³-hybridized carbons (Fsp3) is 0.417. The maximum Gasteiger partial charge on any atom is 0.334 e. The molecular formula is C12H14Br2O2. The Kier molecular flexibility index (Phi) is 4.18. The van der Waals surface area contributed by atoms with E-state index in [1.54, 1.807) is 6.92 Å². The second-order valence-corrected chi connectivity index (χ2v) is 8.39. The van der Waals surface area contributed by atoms with E-state index in [9.17, 15) is 4.79 Å². The van der Waals surface area contributed by atoms with Gasteiger partial charge in [0.1, 0.15) is 5.60 Å². The van der Waals surface area contributed by atoms with Crippen LogP contribution in [0.5, 0.6) is 0 Å². The third-order valence-corrected chi connectivity index (χ3v) is 2.82. The number of alkyl halides is 2. The lowest BCUT2D eigenvalue weighted by Gasteiger charge is -2.28. The SMILES string of the molecule is CC(Br)(Br)C(=O)OC(C)(C)c1ccccc1. The van der Waals surface area contributed by atoms with E-state index in [0.29, 0.717) is 0 Å². The fourth-order valence-corrected chi connectivity index (χ4v) is 1.38. The molecule has 0 N–H and O–H groups in total. The number of rotatable bonds is 3. The van der Waals surface area contributed by atoms with Crippen LogP contribution in [-0.2, 0) is 15.1 Å². The average Bonchev–Trinajstić information content (AvgIpc) is 2.17. The summed E-state index contributed by atoms with van der Waals surface area (Å²) in [5, 5.41) is 0. The van der Waals surface area contributed by atoms with Gasteiger partial charge >= 0.3 is 5.97 Å². The van der Waals surface area contributed by atoms with E-state index in [1.807, 2.05) is 44.2 Å². The van der Waals surface area contributed by atoms with Gasteiger partial charge in [0.05, 0.1) is 0 Å². The van der Waals surface area contributed by atoms with Crippen molar-refractivity contribution in [3.63, 3.8) is 0 Å². The van der Waals surface area contributed by atoms with Crippen molar-refractivity contribution < 1.29 is 9.53 Å². The molecule has 0 spiro atoms. The van der Waals surface area contributed by atoms with Crippen molar-refractivity contribution >= 4 is 37.8 Å². The first-order valence-corrected chi connectivity index (χ1v) is 6.49. The Labute approximate surface area is 113 Å². The second kappa shape index (κ2) is 4.88. The van der Waals surface area contributed by atoms with Crippen molar-refractivity contribution in [2.75, 3.05) is 0 Å². The van der Waals surface area contributed by atoms with Gasteiger partial charge in [0.25, 0.3) is 0 Å². The number of hydrogen-bond donors (Lipinski definition) is 0. The molecule has 1 rings (SSSR count). The normalized spacial score (nSPS) is 12.3. The van der Waals surface area contributed by atoms with Crippen molar-refractivity contribution in [1.29, 1.82) is 0 Å². The summed E-state index contributed by atoms with van der Waals surface area (Å²) in [5.74, 6) is -0.346. The molecule has 88 valence electrons. The molecule has 0 saturated carbocycles. The molecule has 0 bridgehead atoms. The molecule has 0 atom stereocenters. The molecule has 0 saturated heterocycles. The zero-order valence-electron chi connectivity index (χ0n) is 9.46. The van der Waals surface area contributed by atoms with Crippen LogP contribution in [0.15, 0.2) is 30.3 Å². The van der Waals surface area contributed by atoms with Crippen LogP contribution >= 0.6 is 31.9 Å². The zero-order chi connectivity index (χ0) is 12.4. The minimum atomic E-state index is -0.841. The highest BCUT2D eigenvalue weighted by Crippen LogP contribution is 2.32. The maximum absolute atomic E-state index is 11.7. The number of ether oxygens (including phenoxy) is 1. The second-order valence-electron chi connectivity index (χ2n) is 4.15. The summed E-state index contributed by atoms with van der Waals surface area (Å²) in [5.41, 5.74) is 0.328. The molecule has 0 aliphatic carbocycles. The van der Waals surface area contributed by atoms with Crippen LogP contribution in [-0.4, -0.2) is 9.20 Å². The zero-order valence-corrected chi connectivity index (χ0v) is 12.6. The smallest absolute Gasteiger partial charge is 0.334 e. The molecule has 4 heteroatoms. The molecule has 0 aliphatic rings. The number of carbonyl (C=O) groups excluding carboxylic acids is 1. The fourth-order valence-electron chi connectivity index (χ4n) is 1.22. The number of hydrogen-bond acceptors (Lipinski definition) is 2. The molecular weight excluding hydrogens is 336 g/mol. The van der Waals surface area contributed by atoms with Crippen LogP contribution in [0, 0.1) is 0 Å². The van der Waals surface area contributed by atoms with Gasteiger partial charge in [0, 0.05) is 0 Å². The lowest BCUT2D eigenvalue weighted by atomic mass is 9.98. The molecule has 0 fully saturated rings. The molecule has 0 amide bonds. The van der Waals surface area contributed by atoms with Gasteiger partial charge < -0.3 is 4.74 Å². The number of halogens is 2. The monoisotopic (exact) mass is 348 g/mol. The van der Waals surface area contributed by atoms with Crippen LogP contribution in [0.1, 0.15) is 26.3 Å². The van der Waals surface area contributed by atoms with E-state index in [1.165, 1.54) is 0 Å². The number of carbonyl (C=O) groups is 1. The molecule has 0 heterocycles. The van der Waals surface area contributed by atoms with Gasteiger partial charge in [-0.2, -0.15) is 0 Å². The van der Waals surface area contributed by atoms with E-state index in [-0.39, 0.29) is 5.97 Å². The molecule has 2 nitrogen and oxygen atoms in total. The van der Waals surface area contributed by atoms with E-state index < -0.39 is 8.83 Å². The molecule has 1 aromatic carbocycles. The lowest BCUT2D eigenvalue weighted by molar-refractivity contribution is -0.157. The molecule has 0 aromatic heterocycles. The highest BCUT2D eigenvalue weighted by Gasteiger charge is 2.34. The number of esters is 1. The summed E-state index contributed by atoms with van der Waals surface area (Å²) in [7, 11) is 0. The first kappa shape index (κ1) is 13.7. The van der Waals surface area contributed by atoms with Crippen LogP contribution in [0.4, 0.5) is 0 Å².